The number of hydrogen-bond acceptors (Lipinski definition) is 9. The van der Waals surface area contributed by atoms with Gasteiger partial charge in [0.15, 0.2) is 5.65 Å². The number of anilines is 2. The van der Waals surface area contributed by atoms with Crippen LogP contribution in [0.3, 0.4) is 0 Å². The van der Waals surface area contributed by atoms with E-state index in [2.05, 4.69) is 26.6 Å². The zero-order chi connectivity index (χ0) is 23.1. The lowest BCUT2D eigenvalue weighted by atomic mass is 10.2. The highest BCUT2D eigenvalue weighted by Gasteiger charge is 2.46. The highest BCUT2D eigenvalue weighted by Crippen LogP contribution is 2.43. The number of nitriles is 1. The summed E-state index contributed by atoms with van der Waals surface area (Å²) in [6.45, 7) is 4.51. The second-order valence-corrected chi connectivity index (χ2v) is 9.75. The number of aromatic nitrogens is 5. The van der Waals surface area contributed by atoms with Crippen molar-refractivity contribution in [3.63, 3.8) is 0 Å². The molecule has 0 atom stereocenters. The van der Waals surface area contributed by atoms with Crippen LogP contribution in [-0.4, -0.2) is 52.2 Å². The van der Waals surface area contributed by atoms with Crippen molar-refractivity contribution in [3.05, 3.63) is 34.8 Å². The molecule has 12 heteroatoms. The van der Waals surface area contributed by atoms with E-state index in [4.69, 9.17) is 9.92 Å². The van der Waals surface area contributed by atoms with Crippen LogP contribution in [0.1, 0.15) is 42.3 Å². The number of nitrogens with one attached hydrogen (secondary N) is 1. The minimum Gasteiger partial charge on any atom is -0.382 e. The molecule has 0 saturated heterocycles. The van der Waals surface area contributed by atoms with Gasteiger partial charge in [-0.2, -0.15) is 28.4 Å². The van der Waals surface area contributed by atoms with Gasteiger partial charge in [-0.1, -0.05) is 6.92 Å². The summed E-state index contributed by atoms with van der Waals surface area (Å²) in [6, 6.07) is 4.01. The number of nitrogens with two attached hydrogens (primary N) is 1. The van der Waals surface area contributed by atoms with E-state index in [1.54, 1.807) is 4.68 Å². The molecule has 0 bridgehead atoms. The summed E-state index contributed by atoms with van der Waals surface area (Å²) < 4.78 is 30.9. The van der Waals surface area contributed by atoms with E-state index in [0.29, 0.717) is 24.4 Å². The molecule has 0 aliphatic heterocycles. The van der Waals surface area contributed by atoms with Gasteiger partial charge in [0.1, 0.15) is 23.3 Å². The van der Waals surface area contributed by atoms with E-state index in [-0.39, 0.29) is 23.5 Å². The van der Waals surface area contributed by atoms with Gasteiger partial charge in [0.2, 0.25) is 0 Å². The molecule has 3 aromatic heterocycles. The van der Waals surface area contributed by atoms with Crippen molar-refractivity contribution in [2.45, 2.75) is 45.1 Å². The monoisotopic (exact) mass is 458 g/mol. The molecular weight excluding hydrogens is 432 g/mol. The Balaban J connectivity index is 1.47. The molecule has 0 aromatic carbocycles. The lowest BCUT2D eigenvalue weighted by Gasteiger charge is -2.15. The Hall–Kier alpha value is -3.17. The van der Waals surface area contributed by atoms with Crippen molar-refractivity contribution in [1.29, 1.82) is 5.26 Å². The molecular formula is C20H26N8O3S. The Kier molecular flexibility index (Phi) is 5.56. The summed E-state index contributed by atoms with van der Waals surface area (Å²) >= 11 is 0. The maximum absolute atomic E-state index is 11.3. The lowest BCUT2D eigenvalue weighted by molar-refractivity contribution is 0.230. The average molecular weight is 459 g/mol. The fraction of sp³-hybridized carbons (Fsp3) is 0.500. The molecule has 0 unspecified atom stereocenters. The van der Waals surface area contributed by atoms with Crippen molar-refractivity contribution in [1.82, 2.24) is 24.4 Å². The molecule has 11 nitrogen and oxygen atoms in total. The molecule has 3 N–H and O–H groups in total. The maximum atomic E-state index is 11.3. The Bertz CT molecular complexity index is 1310. The van der Waals surface area contributed by atoms with Crippen molar-refractivity contribution < 1.29 is 12.6 Å². The molecule has 32 heavy (non-hydrogen) atoms. The molecule has 1 aliphatic rings. The molecule has 1 aliphatic carbocycles. The standard InChI is InChI=1S/C20H26N8O3S/c1-4-15-13(2)25-28-17(22)16(11-21)18(24-19(15)28)23-9-5-14-6-10-27(26-14)20(7-8-20)12-31-32(3,29)30/h6,10H,4-5,7-9,12,22H2,1-3H3,(H,23,24). The van der Waals surface area contributed by atoms with Gasteiger partial charge in [-0.15, -0.1) is 0 Å². The molecule has 0 radical (unpaired) electrons. The zero-order valence-electron chi connectivity index (χ0n) is 18.3. The third kappa shape index (κ3) is 4.13. The fourth-order valence-corrected chi connectivity index (χ4v) is 4.17. The number of nitrogen functional groups attached to an aromatic ring is 1. The predicted molar refractivity (Wildman–Crippen MR) is 119 cm³/mol. The molecule has 4 rings (SSSR count). The number of rotatable bonds is 9. The highest BCUT2D eigenvalue weighted by molar-refractivity contribution is 7.85. The van der Waals surface area contributed by atoms with Crippen LogP contribution in [0.25, 0.3) is 5.65 Å². The normalized spacial score (nSPS) is 15.1. The van der Waals surface area contributed by atoms with E-state index in [1.165, 1.54) is 4.52 Å². The summed E-state index contributed by atoms with van der Waals surface area (Å²) in [6.07, 6.45) is 5.88. The minimum atomic E-state index is -3.49. The zero-order valence-corrected chi connectivity index (χ0v) is 19.1. The highest BCUT2D eigenvalue weighted by atomic mass is 32.2. The van der Waals surface area contributed by atoms with Crippen molar-refractivity contribution in [2.75, 3.05) is 30.5 Å². The average Bonchev–Trinajstić information content (AvgIpc) is 3.25. The van der Waals surface area contributed by atoms with Crippen LogP contribution in [0.15, 0.2) is 12.3 Å². The molecule has 170 valence electrons. The van der Waals surface area contributed by atoms with Gasteiger partial charge in [0, 0.05) is 24.7 Å². The Morgan fingerprint density at radius 1 is 1.38 bits per heavy atom. The van der Waals surface area contributed by atoms with E-state index >= 15 is 0 Å². The number of aryl methyl sites for hydroxylation is 2. The van der Waals surface area contributed by atoms with Crippen LogP contribution < -0.4 is 11.1 Å². The number of fused-ring (bicyclic) bond motifs is 1. The van der Waals surface area contributed by atoms with Gasteiger partial charge in [-0.25, -0.2) is 4.98 Å². The first-order valence-corrected chi connectivity index (χ1v) is 12.2. The minimum absolute atomic E-state index is 0.0878. The molecule has 1 saturated carbocycles. The van der Waals surface area contributed by atoms with E-state index in [1.807, 2.05) is 26.1 Å². The molecule has 0 spiro atoms. The van der Waals surface area contributed by atoms with Gasteiger partial charge in [0.25, 0.3) is 10.1 Å². The van der Waals surface area contributed by atoms with Crippen LogP contribution in [0.2, 0.25) is 0 Å². The topological polar surface area (TPSA) is 153 Å². The van der Waals surface area contributed by atoms with Gasteiger partial charge >= 0.3 is 0 Å². The van der Waals surface area contributed by atoms with Crippen molar-refractivity contribution >= 4 is 27.4 Å². The first kappa shape index (κ1) is 22.0. The van der Waals surface area contributed by atoms with Gasteiger partial charge in [-0.05, 0) is 32.3 Å². The first-order valence-electron chi connectivity index (χ1n) is 10.4. The van der Waals surface area contributed by atoms with Crippen molar-refractivity contribution in [2.24, 2.45) is 0 Å². The fourth-order valence-electron chi connectivity index (χ4n) is 3.74. The molecule has 1 fully saturated rings. The Morgan fingerprint density at radius 2 is 2.12 bits per heavy atom. The Morgan fingerprint density at radius 3 is 2.75 bits per heavy atom. The summed E-state index contributed by atoms with van der Waals surface area (Å²) in [5.74, 6) is 0.681. The van der Waals surface area contributed by atoms with E-state index in [9.17, 15) is 13.7 Å². The maximum Gasteiger partial charge on any atom is 0.264 e. The third-order valence-electron chi connectivity index (χ3n) is 5.73. The number of nitrogens with zero attached hydrogens (tertiary/aromatic N) is 6. The summed E-state index contributed by atoms with van der Waals surface area (Å²) in [4.78, 5) is 4.62. The predicted octanol–water partition coefficient (Wildman–Crippen LogP) is 1.37. The molecule has 3 heterocycles. The SMILES string of the molecule is CCc1c(C)nn2c(N)c(C#N)c(NCCc3ccn(C4(COS(C)(=O)=O)CC4)n3)nc12. The van der Waals surface area contributed by atoms with E-state index in [0.717, 1.165) is 42.5 Å². The molecule has 0 amide bonds. The van der Waals surface area contributed by atoms with Gasteiger partial charge < -0.3 is 11.1 Å². The summed E-state index contributed by atoms with van der Waals surface area (Å²) in [5.41, 5.74) is 9.38. The Labute approximate surface area is 186 Å². The van der Waals surface area contributed by atoms with Crippen LogP contribution in [0.4, 0.5) is 11.6 Å². The first-order chi connectivity index (χ1) is 15.2. The summed E-state index contributed by atoms with van der Waals surface area (Å²) in [5, 5.41) is 21.8. The largest absolute Gasteiger partial charge is 0.382 e. The van der Waals surface area contributed by atoms with Gasteiger partial charge in [0.05, 0.1) is 29.8 Å². The van der Waals surface area contributed by atoms with Crippen LogP contribution in [-0.2, 0) is 32.7 Å². The van der Waals surface area contributed by atoms with Gasteiger partial charge in [-0.3, -0.25) is 8.86 Å². The second-order valence-electron chi connectivity index (χ2n) is 8.10. The van der Waals surface area contributed by atoms with Crippen LogP contribution in [0.5, 0.6) is 0 Å². The van der Waals surface area contributed by atoms with Crippen LogP contribution in [0, 0.1) is 18.3 Å². The number of hydrogen-bond donors (Lipinski definition) is 2. The lowest BCUT2D eigenvalue weighted by Crippen LogP contribution is -2.26. The second kappa shape index (κ2) is 8.07. The third-order valence-corrected chi connectivity index (χ3v) is 6.28. The van der Waals surface area contributed by atoms with Crippen molar-refractivity contribution in [3.8, 4) is 6.07 Å². The quantitative estimate of drug-likeness (QED) is 0.452. The smallest absolute Gasteiger partial charge is 0.264 e. The van der Waals surface area contributed by atoms with E-state index < -0.39 is 10.1 Å². The summed E-state index contributed by atoms with van der Waals surface area (Å²) in [7, 11) is -3.49. The van der Waals surface area contributed by atoms with Crippen LogP contribution >= 0.6 is 0 Å². The molecule has 3 aromatic rings.